The molecule has 4 nitrogen and oxygen atoms in total. The summed E-state index contributed by atoms with van der Waals surface area (Å²) in [6.45, 7) is 1.01. The first-order valence-corrected chi connectivity index (χ1v) is 6.22. The minimum absolute atomic E-state index is 0.419. The molecule has 0 radical (unpaired) electrons. The molecule has 1 heterocycles. The molecular formula is C12H20N4. The minimum atomic E-state index is 0.419. The average molecular weight is 220 g/mol. The highest BCUT2D eigenvalue weighted by atomic mass is 15.3. The summed E-state index contributed by atoms with van der Waals surface area (Å²) in [6.07, 6.45) is 7.99. The van der Waals surface area contributed by atoms with Crippen molar-refractivity contribution in [3.05, 3.63) is 12.4 Å². The highest BCUT2D eigenvalue weighted by Gasteiger charge is 2.45. The first-order valence-electron chi connectivity index (χ1n) is 6.22. The van der Waals surface area contributed by atoms with Crippen LogP contribution in [-0.4, -0.2) is 22.4 Å². The Morgan fingerprint density at radius 3 is 2.94 bits per heavy atom. The van der Waals surface area contributed by atoms with Gasteiger partial charge < -0.3 is 11.1 Å². The Labute approximate surface area is 96.2 Å². The van der Waals surface area contributed by atoms with Gasteiger partial charge in [0.1, 0.15) is 0 Å². The lowest BCUT2D eigenvalue weighted by Gasteiger charge is -2.28. The van der Waals surface area contributed by atoms with Crippen LogP contribution in [0, 0.1) is 17.8 Å². The molecule has 4 heteroatoms. The van der Waals surface area contributed by atoms with Gasteiger partial charge in [-0.15, -0.1) is 0 Å². The minimum Gasteiger partial charge on any atom is -0.382 e. The van der Waals surface area contributed by atoms with E-state index in [2.05, 4.69) is 10.4 Å². The number of nitrogens with zero attached hydrogens (tertiary/aromatic N) is 2. The van der Waals surface area contributed by atoms with Gasteiger partial charge in [-0.3, -0.25) is 4.68 Å². The topological polar surface area (TPSA) is 55.9 Å². The van der Waals surface area contributed by atoms with Crippen molar-refractivity contribution >= 4 is 5.69 Å². The maximum atomic E-state index is 6.27. The predicted molar refractivity (Wildman–Crippen MR) is 64.0 cm³/mol. The maximum absolute atomic E-state index is 6.27. The molecule has 1 aromatic heterocycles. The van der Waals surface area contributed by atoms with E-state index in [0.717, 1.165) is 24.1 Å². The number of nitrogens with one attached hydrogen (secondary N) is 1. The molecule has 0 aromatic carbocycles. The standard InChI is InChI=1S/C12H20N4/c1-16-7-10(5-15-16)14-6-11-8-2-3-9(4-8)12(11)13/h5,7-9,11-12,14H,2-4,6,13H2,1H3. The van der Waals surface area contributed by atoms with Crippen molar-refractivity contribution in [1.29, 1.82) is 0 Å². The lowest BCUT2D eigenvalue weighted by molar-refractivity contribution is 0.302. The molecule has 0 saturated heterocycles. The smallest absolute Gasteiger partial charge is 0.0726 e. The number of fused-ring (bicyclic) bond motifs is 2. The largest absolute Gasteiger partial charge is 0.382 e. The molecule has 0 spiro atoms. The molecule has 4 atom stereocenters. The van der Waals surface area contributed by atoms with Gasteiger partial charge in [-0.1, -0.05) is 0 Å². The zero-order chi connectivity index (χ0) is 11.1. The molecule has 16 heavy (non-hydrogen) atoms. The Balaban J connectivity index is 1.59. The lowest BCUT2D eigenvalue weighted by Crippen LogP contribution is -2.39. The van der Waals surface area contributed by atoms with E-state index in [-0.39, 0.29) is 0 Å². The van der Waals surface area contributed by atoms with Gasteiger partial charge in [0.25, 0.3) is 0 Å². The van der Waals surface area contributed by atoms with E-state index in [1.165, 1.54) is 19.3 Å². The van der Waals surface area contributed by atoms with Crippen molar-refractivity contribution in [2.45, 2.75) is 25.3 Å². The molecule has 4 unspecified atom stereocenters. The Kier molecular flexibility index (Phi) is 2.39. The van der Waals surface area contributed by atoms with E-state index in [1.54, 1.807) is 0 Å². The van der Waals surface area contributed by atoms with Gasteiger partial charge in [0.2, 0.25) is 0 Å². The Bertz CT molecular complexity index is 371. The van der Waals surface area contributed by atoms with Crippen LogP contribution in [0.5, 0.6) is 0 Å². The number of aryl methyl sites for hydroxylation is 1. The molecule has 2 saturated carbocycles. The number of anilines is 1. The van der Waals surface area contributed by atoms with E-state index in [0.29, 0.717) is 12.0 Å². The van der Waals surface area contributed by atoms with E-state index in [4.69, 9.17) is 5.73 Å². The van der Waals surface area contributed by atoms with Crippen molar-refractivity contribution in [2.24, 2.45) is 30.5 Å². The Hall–Kier alpha value is -1.03. The van der Waals surface area contributed by atoms with Crippen LogP contribution < -0.4 is 11.1 Å². The molecule has 1 aromatic rings. The maximum Gasteiger partial charge on any atom is 0.0726 e. The van der Waals surface area contributed by atoms with Crippen LogP contribution in [0.15, 0.2) is 12.4 Å². The average Bonchev–Trinajstić information content (AvgIpc) is 2.92. The number of rotatable bonds is 3. The number of aromatic nitrogens is 2. The number of nitrogens with two attached hydrogens (primary N) is 1. The highest BCUT2D eigenvalue weighted by Crippen LogP contribution is 2.47. The quantitative estimate of drug-likeness (QED) is 0.805. The van der Waals surface area contributed by atoms with Gasteiger partial charge in [0.05, 0.1) is 11.9 Å². The fourth-order valence-corrected chi connectivity index (χ4v) is 3.51. The summed E-state index contributed by atoms with van der Waals surface area (Å²) in [5, 5.41) is 7.61. The molecule has 0 amide bonds. The summed E-state index contributed by atoms with van der Waals surface area (Å²) in [5.41, 5.74) is 7.38. The third-order valence-electron chi connectivity index (χ3n) is 4.40. The first kappa shape index (κ1) is 10.1. The molecule has 2 fully saturated rings. The molecule has 3 rings (SSSR count). The summed E-state index contributed by atoms with van der Waals surface area (Å²) < 4.78 is 1.82. The molecule has 2 aliphatic carbocycles. The SMILES string of the molecule is Cn1cc(NCC2C3CCC(C3)C2N)cn1. The molecule has 0 aliphatic heterocycles. The zero-order valence-electron chi connectivity index (χ0n) is 9.76. The zero-order valence-corrected chi connectivity index (χ0v) is 9.76. The van der Waals surface area contributed by atoms with Crippen molar-refractivity contribution < 1.29 is 0 Å². The highest BCUT2D eigenvalue weighted by molar-refractivity contribution is 5.38. The van der Waals surface area contributed by atoms with Crippen LogP contribution in [0.3, 0.4) is 0 Å². The van der Waals surface area contributed by atoms with Crippen LogP contribution in [0.1, 0.15) is 19.3 Å². The summed E-state index contributed by atoms with van der Waals surface area (Å²) in [5.74, 6) is 2.33. The number of hydrogen-bond acceptors (Lipinski definition) is 3. The fraction of sp³-hybridized carbons (Fsp3) is 0.750. The third-order valence-corrected chi connectivity index (χ3v) is 4.40. The van der Waals surface area contributed by atoms with Crippen LogP contribution in [-0.2, 0) is 7.05 Å². The van der Waals surface area contributed by atoms with Gasteiger partial charge in [-0.25, -0.2) is 0 Å². The number of hydrogen-bond donors (Lipinski definition) is 2. The third kappa shape index (κ3) is 1.61. The second-order valence-corrected chi connectivity index (χ2v) is 5.36. The second-order valence-electron chi connectivity index (χ2n) is 5.36. The van der Waals surface area contributed by atoms with Crippen molar-refractivity contribution in [3.63, 3.8) is 0 Å². The molecular weight excluding hydrogens is 200 g/mol. The van der Waals surface area contributed by atoms with E-state index in [1.807, 2.05) is 24.1 Å². The fourth-order valence-electron chi connectivity index (χ4n) is 3.51. The van der Waals surface area contributed by atoms with Crippen molar-refractivity contribution in [3.8, 4) is 0 Å². The monoisotopic (exact) mass is 220 g/mol. The van der Waals surface area contributed by atoms with E-state index in [9.17, 15) is 0 Å². The molecule has 3 N–H and O–H groups in total. The summed E-state index contributed by atoms with van der Waals surface area (Å²) in [6, 6.07) is 0.419. The van der Waals surface area contributed by atoms with Gasteiger partial charge in [-0.2, -0.15) is 5.10 Å². The van der Waals surface area contributed by atoms with Gasteiger partial charge >= 0.3 is 0 Å². The first-order chi connectivity index (χ1) is 7.74. The predicted octanol–water partition coefficient (Wildman–Crippen LogP) is 1.21. The van der Waals surface area contributed by atoms with Gasteiger partial charge in [0.15, 0.2) is 0 Å². The molecule has 2 bridgehead atoms. The second kappa shape index (κ2) is 3.77. The van der Waals surface area contributed by atoms with E-state index < -0.39 is 0 Å². The van der Waals surface area contributed by atoms with Crippen LogP contribution in [0.4, 0.5) is 5.69 Å². The Morgan fingerprint density at radius 2 is 2.31 bits per heavy atom. The van der Waals surface area contributed by atoms with Crippen LogP contribution in [0.2, 0.25) is 0 Å². The summed E-state index contributed by atoms with van der Waals surface area (Å²) in [4.78, 5) is 0. The van der Waals surface area contributed by atoms with Crippen LogP contribution in [0.25, 0.3) is 0 Å². The molecule has 2 aliphatic rings. The van der Waals surface area contributed by atoms with Gasteiger partial charge in [0, 0.05) is 25.8 Å². The van der Waals surface area contributed by atoms with Crippen molar-refractivity contribution in [1.82, 2.24) is 9.78 Å². The summed E-state index contributed by atoms with van der Waals surface area (Å²) in [7, 11) is 1.94. The lowest BCUT2D eigenvalue weighted by atomic mass is 9.85. The van der Waals surface area contributed by atoms with E-state index >= 15 is 0 Å². The normalized spacial score (nSPS) is 36.9. The molecule has 88 valence electrons. The van der Waals surface area contributed by atoms with Crippen LogP contribution >= 0.6 is 0 Å². The summed E-state index contributed by atoms with van der Waals surface area (Å²) >= 11 is 0. The van der Waals surface area contributed by atoms with Crippen molar-refractivity contribution in [2.75, 3.05) is 11.9 Å². The van der Waals surface area contributed by atoms with Gasteiger partial charge in [-0.05, 0) is 37.0 Å². The Morgan fingerprint density at radius 1 is 1.50 bits per heavy atom.